The van der Waals surface area contributed by atoms with Crippen LogP contribution in [0.2, 0.25) is 0 Å². The lowest BCUT2D eigenvalue weighted by atomic mass is 10.1. The minimum Gasteiger partial charge on any atom is -0.439 e. The molecule has 2 rings (SSSR count). The van der Waals surface area contributed by atoms with Gasteiger partial charge in [-0.3, -0.25) is 0 Å². The van der Waals surface area contributed by atoms with Crippen LogP contribution in [0.5, 0.6) is 11.6 Å². The van der Waals surface area contributed by atoms with Crippen molar-refractivity contribution in [3.05, 3.63) is 52.1 Å². The number of ether oxygens (including phenoxy) is 1. The normalized spacial score (nSPS) is 10.2. The van der Waals surface area contributed by atoms with E-state index in [9.17, 15) is 0 Å². The Bertz CT molecular complexity index is 494. The lowest BCUT2D eigenvalue weighted by Gasteiger charge is -2.09. The van der Waals surface area contributed by atoms with E-state index in [2.05, 4.69) is 33.9 Å². The van der Waals surface area contributed by atoms with Crippen molar-refractivity contribution in [2.24, 2.45) is 0 Å². The fourth-order valence-corrected chi connectivity index (χ4v) is 1.60. The molecule has 0 saturated carbocycles. The molecule has 0 spiro atoms. The number of aryl methyl sites for hydroxylation is 1. The van der Waals surface area contributed by atoms with Gasteiger partial charge in [0.1, 0.15) is 5.75 Å². The monoisotopic (exact) mass is 277 g/mol. The van der Waals surface area contributed by atoms with Gasteiger partial charge in [-0.05, 0) is 53.0 Å². The smallest absolute Gasteiger partial charge is 0.219 e. The van der Waals surface area contributed by atoms with Gasteiger partial charge in [0, 0.05) is 16.7 Å². The molecule has 2 aromatic rings. The van der Waals surface area contributed by atoms with Gasteiger partial charge in [-0.2, -0.15) is 0 Å². The summed E-state index contributed by atoms with van der Waals surface area (Å²) in [5.41, 5.74) is 2.36. The van der Waals surface area contributed by atoms with Crippen LogP contribution in [0.1, 0.15) is 11.1 Å². The summed E-state index contributed by atoms with van der Waals surface area (Å²) < 4.78 is 6.66. The molecule has 16 heavy (non-hydrogen) atoms. The van der Waals surface area contributed by atoms with Crippen molar-refractivity contribution in [3.8, 4) is 11.6 Å². The Morgan fingerprint density at radius 3 is 2.62 bits per heavy atom. The first-order valence-electron chi connectivity index (χ1n) is 5.02. The fourth-order valence-electron chi connectivity index (χ4n) is 1.37. The van der Waals surface area contributed by atoms with Gasteiger partial charge in [-0.15, -0.1) is 0 Å². The molecule has 0 aliphatic carbocycles. The largest absolute Gasteiger partial charge is 0.439 e. The van der Waals surface area contributed by atoms with E-state index in [-0.39, 0.29) is 0 Å². The Morgan fingerprint density at radius 1 is 1.12 bits per heavy atom. The maximum Gasteiger partial charge on any atom is 0.219 e. The summed E-state index contributed by atoms with van der Waals surface area (Å²) >= 11 is 3.34. The summed E-state index contributed by atoms with van der Waals surface area (Å²) in [6, 6.07) is 9.75. The second kappa shape index (κ2) is 4.66. The molecule has 0 atom stereocenters. The van der Waals surface area contributed by atoms with Crippen LogP contribution in [-0.4, -0.2) is 4.98 Å². The second-order valence-electron chi connectivity index (χ2n) is 3.61. The summed E-state index contributed by atoms with van der Waals surface area (Å²) in [6.45, 7) is 4.11. The molecule has 0 aliphatic heterocycles. The molecule has 0 amide bonds. The van der Waals surface area contributed by atoms with Crippen molar-refractivity contribution < 1.29 is 4.74 Å². The van der Waals surface area contributed by atoms with Crippen molar-refractivity contribution in [3.63, 3.8) is 0 Å². The van der Waals surface area contributed by atoms with Crippen LogP contribution in [-0.2, 0) is 0 Å². The van der Waals surface area contributed by atoms with E-state index >= 15 is 0 Å². The SMILES string of the molecule is Cc1cccc(Oc2ccc(Br)cn2)c1C. The summed E-state index contributed by atoms with van der Waals surface area (Å²) in [7, 11) is 0. The first-order valence-corrected chi connectivity index (χ1v) is 5.82. The molecule has 82 valence electrons. The Kier molecular flexibility index (Phi) is 3.25. The van der Waals surface area contributed by atoms with Crippen molar-refractivity contribution in [1.29, 1.82) is 0 Å². The van der Waals surface area contributed by atoms with Gasteiger partial charge in [-0.1, -0.05) is 12.1 Å². The lowest BCUT2D eigenvalue weighted by Crippen LogP contribution is -1.91. The van der Waals surface area contributed by atoms with Crippen molar-refractivity contribution >= 4 is 15.9 Å². The molecule has 0 N–H and O–H groups in total. The quantitative estimate of drug-likeness (QED) is 0.819. The molecule has 1 aromatic carbocycles. The Hall–Kier alpha value is -1.35. The van der Waals surface area contributed by atoms with Crippen LogP contribution >= 0.6 is 15.9 Å². The van der Waals surface area contributed by atoms with Crippen LogP contribution < -0.4 is 4.74 Å². The molecule has 0 bridgehead atoms. The Morgan fingerprint density at radius 2 is 1.94 bits per heavy atom. The van der Waals surface area contributed by atoms with Crippen LogP contribution in [0.25, 0.3) is 0 Å². The number of nitrogens with zero attached hydrogens (tertiary/aromatic N) is 1. The Labute approximate surface area is 103 Å². The van der Waals surface area contributed by atoms with E-state index in [0.29, 0.717) is 5.88 Å². The molecule has 0 unspecified atom stereocenters. The molecular formula is C13H12BrNO. The third-order valence-corrected chi connectivity index (χ3v) is 2.94. The zero-order valence-corrected chi connectivity index (χ0v) is 10.8. The molecule has 3 heteroatoms. The van der Waals surface area contributed by atoms with E-state index in [1.54, 1.807) is 6.20 Å². The zero-order chi connectivity index (χ0) is 11.5. The highest BCUT2D eigenvalue weighted by Crippen LogP contribution is 2.25. The molecule has 0 fully saturated rings. The molecular weight excluding hydrogens is 266 g/mol. The van der Waals surface area contributed by atoms with Crippen molar-refractivity contribution in [2.75, 3.05) is 0 Å². The average Bonchev–Trinajstić information content (AvgIpc) is 2.28. The van der Waals surface area contributed by atoms with Gasteiger partial charge in [0.25, 0.3) is 0 Å². The summed E-state index contributed by atoms with van der Waals surface area (Å²) in [5.74, 6) is 1.46. The third kappa shape index (κ3) is 2.42. The highest BCUT2D eigenvalue weighted by molar-refractivity contribution is 9.10. The lowest BCUT2D eigenvalue weighted by molar-refractivity contribution is 0.459. The summed E-state index contributed by atoms with van der Waals surface area (Å²) in [6.07, 6.45) is 1.72. The van der Waals surface area contributed by atoms with Gasteiger partial charge in [0.05, 0.1) is 0 Å². The Balaban J connectivity index is 2.27. The number of hydrogen-bond donors (Lipinski definition) is 0. The molecule has 1 aromatic heterocycles. The number of benzene rings is 1. The maximum absolute atomic E-state index is 5.71. The van der Waals surface area contributed by atoms with Crippen LogP contribution in [0.3, 0.4) is 0 Å². The predicted molar refractivity (Wildman–Crippen MR) is 67.9 cm³/mol. The number of halogens is 1. The molecule has 0 aliphatic rings. The molecule has 2 nitrogen and oxygen atoms in total. The number of rotatable bonds is 2. The predicted octanol–water partition coefficient (Wildman–Crippen LogP) is 4.25. The number of aromatic nitrogens is 1. The highest BCUT2D eigenvalue weighted by atomic mass is 79.9. The van der Waals surface area contributed by atoms with Gasteiger partial charge in [0.2, 0.25) is 5.88 Å². The topological polar surface area (TPSA) is 22.1 Å². The fraction of sp³-hybridized carbons (Fsp3) is 0.154. The van der Waals surface area contributed by atoms with Gasteiger partial charge < -0.3 is 4.74 Å². The van der Waals surface area contributed by atoms with Crippen LogP contribution in [0.4, 0.5) is 0 Å². The number of hydrogen-bond acceptors (Lipinski definition) is 2. The molecule has 0 radical (unpaired) electrons. The first kappa shape index (κ1) is 11.1. The average molecular weight is 278 g/mol. The highest BCUT2D eigenvalue weighted by Gasteiger charge is 2.03. The van der Waals surface area contributed by atoms with Gasteiger partial charge >= 0.3 is 0 Å². The minimum atomic E-state index is 0.608. The maximum atomic E-state index is 5.71. The van der Waals surface area contributed by atoms with E-state index < -0.39 is 0 Å². The summed E-state index contributed by atoms with van der Waals surface area (Å²) in [5, 5.41) is 0. The molecule has 0 saturated heterocycles. The van der Waals surface area contributed by atoms with Gasteiger partial charge in [-0.25, -0.2) is 4.98 Å². The van der Waals surface area contributed by atoms with Crippen molar-refractivity contribution in [2.45, 2.75) is 13.8 Å². The van der Waals surface area contributed by atoms with Crippen LogP contribution in [0, 0.1) is 13.8 Å². The van der Waals surface area contributed by atoms with E-state index in [4.69, 9.17) is 4.74 Å². The van der Waals surface area contributed by atoms with Crippen LogP contribution in [0.15, 0.2) is 41.0 Å². The standard InChI is InChI=1S/C13H12BrNO/c1-9-4-3-5-12(10(9)2)16-13-7-6-11(14)8-15-13/h3-8H,1-2H3. The first-order chi connectivity index (χ1) is 7.66. The van der Waals surface area contributed by atoms with E-state index in [1.165, 1.54) is 5.56 Å². The van der Waals surface area contributed by atoms with E-state index in [1.807, 2.05) is 31.2 Å². The number of pyridine rings is 1. The van der Waals surface area contributed by atoms with Gasteiger partial charge in [0.15, 0.2) is 0 Å². The second-order valence-corrected chi connectivity index (χ2v) is 4.53. The zero-order valence-electron chi connectivity index (χ0n) is 9.20. The molecule has 1 heterocycles. The minimum absolute atomic E-state index is 0.608. The third-order valence-electron chi connectivity index (χ3n) is 2.47. The van der Waals surface area contributed by atoms with Crippen molar-refractivity contribution in [1.82, 2.24) is 4.98 Å². The summed E-state index contributed by atoms with van der Waals surface area (Å²) in [4.78, 5) is 4.18. The van der Waals surface area contributed by atoms with E-state index in [0.717, 1.165) is 15.8 Å².